The molecule has 11 aromatic rings. The third-order valence-corrected chi connectivity index (χ3v) is 13.7. The molecule has 3 nitrogen and oxygen atoms in total. The summed E-state index contributed by atoms with van der Waals surface area (Å²) in [6.07, 6.45) is -5.25. The molecule has 410 valence electrons. The van der Waals surface area contributed by atoms with Gasteiger partial charge in [-0.2, -0.15) is 4.57 Å². The minimum Gasteiger partial charge on any atom is -0.418 e. The Morgan fingerprint density at radius 1 is 0.333 bits per heavy atom. The lowest BCUT2D eigenvalue weighted by molar-refractivity contribution is -0.689. The van der Waals surface area contributed by atoms with Gasteiger partial charge in [-0.3, -0.25) is 0 Å². The Kier molecular flexibility index (Phi) is 13.9. The number of hydrogen-bond acceptors (Lipinski definition) is 2. The molecule has 81 heavy (non-hydrogen) atoms. The van der Waals surface area contributed by atoms with Crippen LogP contribution in [0.5, 0.6) is 5.75 Å². The largest absolute Gasteiger partial charge is 0.418 e. The number of fused-ring (bicyclic) bond motifs is 1. The topological polar surface area (TPSA) is 30.2 Å². The Hall–Kier alpha value is -9.22. The van der Waals surface area contributed by atoms with Gasteiger partial charge in [-0.1, -0.05) is 91.0 Å². The molecule has 0 bridgehead atoms. The summed E-state index contributed by atoms with van der Waals surface area (Å²) in [5.74, 6) is -71.2. The Morgan fingerprint density at radius 2 is 0.679 bits per heavy atom. The number of carbonyl (C=O) groups is 1. The lowest BCUT2D eigenvalue weighted by Crippen LogP contribution is -2.81. The van der Waals surface area contributed by atoms with E-state index in [9.17, 15) is 57.5 Å². The SMILES string of the molecule is Fc1c(F)c(F)c([B-](c2c(F)c(F)c(F)c(F)c2F)(c2c(F)c(F)c(F)c(F)c2F)c2c(F)c(F)c(F)c(F)c2F)c(F)c1F.O=C(Oc1ccc2ccc3cccc4ccc1c2c34)c1c2ccccc2cc[n+]1Cc1ccccc1. The predicted molar refractivity (Wildman–Crippen MR) is 254 cm³/mol. The molecular weight excluding hydrogens is 1120 g/mol. The zero-order valence-electron chi connectivity index (χ0n) is 39.7. The molecule has 0 fully saturated rings. The Labute approximate surface area is 439 Å². The number of carbonyl (C=O) groups excluding carboxylic acids is 1. The standard InChI is InChI=1S/C33H22NO2.C24BF20/c35-33(32-27-12-5-4-9-23(27)19-20-34(32)21-22-7-2-1-3-8-22)36-29-18-16-26-14-13-24-10-6-11-25-15-17-28(29)31(26)30(24)25;26-5-1(6(27)14(35)21(42)13(5)34)25(2-7(28)15(36)22(43)16(37)8(2)29,3-9(30)17(38)23(44)18(39)10(3)31)4-11(32)19(40)24(45)20(41)12(4)33/h1-20H,21H2;/q+1;-1. The summed E-state index contributed by atoms with van der Waals surface area (Å²) in [6, 6.07) is 38.9. The van der Waals surface area contributed by atoms with E-state index < -0.39 is 144 Å². The first-order valence-corrected chi connectivity index (χ1v) is 23.0. The summed E-state index contributed by atoms with van der Waals surface area (Å²) >= 11 is 0. The fourth-order valence-electron chi connectivity index (χ4n) is 10.2. The van der Waals surface area contributed by atoms with Crippen LogP contribution in [0.3, 0.4) is 0 Å². The molecule has 1 aromatic heterocycles. The van der Waals surface area contributed by atoms with E-state index >= 15 is 35.1 Å². The van der Waals surface area contributed by atoms with Crippen LogP contribution in [-0.2, 0) is 6.54 Å². The Bertz CT molecular complexity index is 4050. The van der Waals surface area contributed by atoms with Crippen molar-refractivity contribution in [1.82, 2.24) is 0 Å². The molecule has 10 aromatic carbocycles. The summed E-state index contributed by atoms with van der Waals surface area (Å²) < 4.78 is 302. The number of halogens is 20. The number of ether oxygens (including phenoxy) is 1. The van der Waals surface area contributed by atoms with Gasteiger partial charge in [0.15, 0.2) is 82.5 Å². The lowest BCUT2D eigenvalue weighted by Gasteiger charge is -2.44. The van der Waals surface area contributed by atoms with Gasteiger partial charge in [0.1, 0.15) is 58.4 Å². The minimum atomic E-state index is -7.22. The van der Waals surface area contributed by atoms with Crippen LogP contribution in [0.25, 0.3) is 43.1 Å². The van der Waals surface area contributed by atoms with Crippen molar-refractivity contribution in [3.8, 4) is 5.75 Å². The smallest absolute Gasteiger partial charge is 0.409 e. The van der Waals surface area contributed by atoms with Gasteiger partial charge >= 0.3 is 5.97 Å². The van der Waals surface area contributed by atoms with Crippen molar-refractivity contribution in [2.24, 2.45) is 0 Å². The quantitative estimate of drug-likeness (QED) is 0.0222. The number of benzene rings is 10. The van der Waals surface area contributed by atoms with Crippen LogP contribution in [0, 0.1) is 116 Å². The average molecular weight is 1140 g/mol. The molecule has 0 spiro atoms. The second-order valence-corrected chi connectivity index (χ2v) is 18.0. The second kappa shape index (κ2) is 20.5. The first kappa shape index (κ1) is 55.1. The minimum absolute atomic E-state index is 0.363. The van der Waals surface area contributed by atoms with Crippen LogP contribution in [0.15, 0.2) is 121 Å². The van der Waals surface area contributed by atoms with E-state index in [1.807, 2.05) is 71.4 Å². The maximum Gasteiger partial charge on any atom is 0.409 e. The van der Waals surface area contributed by atoms with Gasteiger partial charge in [0, 0.05) is 22.4 Å². The molecule has 1 heterocycles. The van der Waals surface area contributed by atoms with E-state index in [1.165, 1.54) is 16.2 Å². The Balaban J connectivity index is 0.000000185. The monoisotopic (exact) mass is 1140 g/mol. The van der Waals surface area contributed by atoms with Crippen molar-refractivity contribution in [3.05, 3.63) is 249 Å². The number of aromatic nitrogens is 1. The van der Waals surface area contributed by atoms with Crippen LogP contribution < -0.4 is 31.2 Å². The second-order valence-electron chi connectivity index (χ2n) is 18.0. The highest BCUT2D eigenvalue weighted by atomic mass is 19.2. The number of hydrogen-bond donors (Lipinski definition) is 0. The summed E-state index contributed by atoms with van der Waals surface area (Å²) in [4.78, 5) is 13.9. The maximum absolute atomic E-state index is 15.4. The van der Waals surface area contributed by atoms with Crippen molar-refractivity contribution in [3.63, 3.8) is 0 Å². The van der Waals surface area contributed by atoms with Gasteiger partial charge in [0.05, 0.1) is 5.39 Å². The van der Waals surface area contributed by atoms with E-state index in [0.717, 1.165) is 32.5 Å². The van der Waals surface area contributed by atoms with Crippen molar-refractivity contribution in [1.29, 1.82) is 0 Å². The molecule has 0 aliphatic carbocycles. The van der Waals surface area contributed by atoms with Crippen LogP contribution in [0.4, 0.5) is 87.8 Å². The summed E-state index contributed by atoms with van der Waals surface area (Å²) in [6.45, 7) is 0.578. The highest BCUT2D eigenvalue weighted by Gasteiger charge is 2.52. The molecular formula is C57H22BF20NO2. The van der Waals surface area contributed by atoms with E-state index in [4.69, 9.17) is 4.74 Å². The summed E-state index contributed by atoms with van der Waals surface area (Å²) in [5, 5.41) is 8.66. The first-order valence-electron chi connectivity index (χ1n) is 23.0. The molecule has 0 radical (unpaired) electrons. The molecule has 0 aliphatic heterocycles. The van der Waals surface area contributed by atoms with Gasteiger partial charge in [-0.25, -0.2) is 92.6 Å². The van der Waals surface area contributed by atoms with Crippen molar-refractivity contribution >= 4 is 77.1 Å². The fourth-order valence-corrected chi connectivity index (χ4v) is 10.2. The highest BCUT2D eigenvalue weighted by Crippen LogP contribution is 2.39. The van der Waals surface area contributed by atoms with Crippen molar-refractivity contribution < 1.29 is 102 Å². The summed E-state index contributed by atoms with van der Waals surface area (Å²) in [7, 11) is 0. The fraction of sp³-hybridized carbons (Fsp3) is 0.0175. The highest BCUT2D eigenvalue weighted by molar-refractivity contribution is 7.20. The normalized spacial score (nSPS) is 11.8. The molecule has 11 rings (SSSR count). The maximum atomic E-state index is 15.4. The van der Waals surface area contributed by atoms with Gasteiger partial charge in [0.2, 0.25) is 0 Å². The van der Waals surface area contributed by atoms with Crippen LogP contribution in [-0.4, -0.2) is 12.1 Å². The molecule has 0 aliphatic rings. The van der Waals surface area contributed by atoms with Crippen molar-refractivity contribution in [2.45, 2.75) is 6.54 Å². The van der Waals surface area contributed by atoms with Gasteiger partial charge in [-0.15, -0.1) is 21.9 Å². The van der Waals surface area contributed by atoms with Crippen LogP contribution in [0.1, 0.15) is 16.1 Å². The zero-order valence-corrected chi connectivity index (χ0v) is 39.7. The van der Waals surface area contributed by atoms with Gasteiger partial charge < -0.3 is 4.74 Å². The molecule has 0 atom stereocenters. The molecule has 0 unspecified atom stereocenters. The number of nitrogens with zero attached hydrogens (tertiary/aromatic N) is 1. The molecule has 0 saturated heterocycles. The van der Waals surface area contributed by atoms with Crippen LogP contribution in [0.2, 0.25) is 0 Å². The third-order valence-electron chi connectivity index (χ3n) is 13.7. The zero-order chi connectivity index (χ0) is 58.4. The van der Waals surface area contributed by atoms with Gasteiger partial charge in [0.25, 0.3) is 5.69 Å². The summed E-state index contributed by atoms with van der Waals surface area (Å²) in [5.41, 5.74) is -12.7. The molecule has 0 amide bonds. The predicted octanol–water partition coefficient (Wildman–Crippen LogP) is 13.1. The number of rotatable bonds is 8. The average Bonchev–Trinajstić information content (AvgIpc) is 1.17. The number of esters is 1. The number of pyridine rings is 1. The van der Waals surface area contributed by atoms with E-state index in [0.29, 0.717) is 18.0 Å². The van der Waals surface area contributed by atoms with E-state index in [-0.39, 0.29) is 5.97 Å². The molecule has 24 heteroatoms. The lowest BCUT2D eigenvalue weighted by atomic mass is 9.12. The van der Waals surface area contributed by atoms with Crippen LogP contribution >= 0.6 is 0 Å². The van der Waals surface area contributed by atoms with Crippen molar-refractivity contribution in [2.75, 3.05) is 0 Å². The van der Waals surface area contributed by atoms with Gasteiger partial charge in [-0.05, 0) is 45.1 Å². The third kappa shape index (κ3) is 8.39. The van der Waals surface area contributed by atoms with E-state index in [1.54, 1.807) is 0 Å². The Morgan fingerprint density at radius 3 is 1.11 bits per heavy atom. The molecule has 0 N–H and O–H groups in total. The van der Waals surface area contributed by atoms with E-state index in [2.05, 4.69) is 54.6 Å². The molecule has 0 saturated carbocycles. The first-order chi connectivity index (χ1) is 38.5.